The molecule has 2 fully saturated rings. The van der Waals surface area contributed by atoms with E-state index in [2.05, 4.69) is 26.7 Å². The highest BCUT2D eigenvalue weighted by Gasteiger charge is 2.37. The third kappa shape index (κ3) is 5.18. The molecule has 0 spiro atoms. The number of nitrogens with zero attached hydrogens (tertiary/aromatic N) is 7. The second-order valence-electron chi connectivity index (χ2n) is 10.5. The van der Waals surface area contributed by atoms with Crippen LogP contribution in [0.15, 0.2) is 37.2 Å². The predicted molar refractivity (Wildman–Crippen MR) is 153 cm³/mol. The Morgan fingerprint density at radius 1 is 1.24 bits per heavy atom. The lowest BCUT2D eigenvalue weighted by molar-refractivity contribution is -0.126. The molecule has 1 N–H and O–H groups in total. The molecular weight excluding hydrogens is 570 g/mol. The maximum Gasteiger partial charge on any atom is 0.319 e. The average molecular weight is 599 g/mol. The Kier molecular flexibility index (Phi) is 7.54. The number of benzene rings is 1. The van der Waals surface area contributed by atoms with Crippen molar-refractivity contribution >= 4 is 45.1 Å². The van der Waals surface area contributed by atoms with Crippen LogP contribution in [0.3, 0.4) is 0 Å². The zero-order chi connectivity index (χ0) is 29.5. The summed E-state index contributed by atoms with van der Waals surface area (Å²) >= 11 is 6.32. The number of carbonyl (C=O) groups is 1. The molecule has 14 heteroatoms. The van der Waals surface area contributed by atoms with Crippen LogP contribution >= 0.6 is 11.6 Å². The number of carbonyl (C=O) groups excluding carboxylic acids is 1. The van der Waals surface area contributed by atoms with E-state index in [1.54, 1.807) is 11.0 Å². The van der Waals surface area contributed by atoms with Gasteiger partial charge in [-0.3, -0.25) is 9.89 Å². The third-order valence-corrected chi connectivity index (χ3v) is 8.09. The standard InChI is InChI=1S/C28H29ClF2N8O3/c1-4-22(40)38-7-9-39(10-8-38)26-16-5-6-32-27(42-25-17-12-33-36-20(17)11-19(31)23(25)29)24(16)34-28(35-26)41-21-14-37(3)13-18(21)15(2)30/h4-6,11-12,15,18,21H,1,7-10,13-14H2,2-3H3,(H,33,36)/t15?,18-,21+/m0/s1. The highest BCUT2D eigenvalue weighted by molar-refractivity contribution is 6.33. The molecule has 2 saturated heterocycles. The molecule has 0 aliphatic carbocycles. The molecular formula is C28H29ClF2N8O3. The number of aromatic amines is 1. The summed E-state index contributed by atoms with van der Waals surface area (Å²) in [6.45, 7) is 8.06. The van der Waals surface area contributed by atoms with Gasteiger partial charge in [-0.15, -0.1) is 0 Å². The van der Waals surface area contributed by atoms with Crippen molar-refractivity contribution in [3.63, 3.8) is 0 Å². The first-order valence-electron chi connectivity index (χ1n) is 13.5. The molecule has 220 valence electrons. The van der Waals surface area contributed by atoms with E-state index < -0.39 is 18.1 Å². The number of likely N-dealkylation sites (tertiary alicyclic amines) is 1. The molecule has 3 atom stereocenters. The quantitative estimate of drug-likeness (QED) is 0.316. The van der Waals surface area contributed by atoms with Gasteiger partial charge in [0, 0.05) is 57.4 Å². The molecule has 3 aromatic heterocycles. The Morgan fingerprint density at radius 2 is 2.02 bits per heavy atom. The normalized spacial score (nSPS) is 20.3. The third-order valence-electron chi connectivity index (χ3n) is 7.74. The maximum absolute atomic E-state index is 14.6. The largest absolute Gasteiger partial charge is 0.458 e. The van der Waals surface area contributed by atoms with E-state index in [4.69, 9.17) is 26.1 Å². The van der Waals surface area contributed by atoms with Gasteiger partial charge >= 0.3 is 6.01 Å². The fourth-order valence-electron chi connectivity index (χ4n) is 5.53. The summed E-state index contributed by atoms with van der Waals surface area (Å²) in [5.41, 5.74) is 0.699. The van der Waals surface area contributed by atoms with Gasteiger partial charge in [0.2, 0.25) is 11.8 Å². The molecule has 5 heterocycles. The molecule has 0 radical (unpaired) electrons. The number of alkyl halides is 1. The first-order chi connectivity index (χ1) is 20.2. The van der Waals surface area contributed by atoms with Gasteiger partial charge in [-0.2, -0.15) is 15.1 Å². The molecule has 0 bridgehead atoms. The summed E-state index contributed by atoms with van der Waals surface area (Å²) < 4.78 is 41.5. The predicted octanol–water partition coefficient (Wildman–Crippen LogP) is 3.99. The Morgan fingerprint density at radius 3 is 2.76 bits per heavy atom. The van der Waals surface area contributed by atoms with E-state index >= 15 is 0 Å². The number of amides is 1. The second kappa shape index (κ2) is 11.3. The molecule has 2 aliphatic rings. The van der Waals surface area contributed by atoms with Crippen molar-refractivity contribution in [1.29, 1.82) is 0 Å². The van der Waals surface area contributed by atoms with E-state index in [9.17, 15) is 13.6 Å². The molecule has 1 amide bonds. The first kappa shape index (κ1) is 28.0. The number of hydrogen-bond acceptors (Lipinski definition) is 9. The minimum absolute atomic E-state index is 0.0309. The van der Waals surface area contributed by atoms with Crippen molar-refractivity contribution in [3.05, 3.63) is 48.0 Å². The van der Waals surface area contributed by atoms with Crippen molar-refractivity contribution in [1.82, 2.24) is 34.9 Å². The van der Waals surface area contributed by atoms with Crippen molar-refractivity contribution in [2.24, 2.45) is 5.92 Å². The number of aromatic nitrogens is 5. The number of pyridine rings is 1. The Bertz CT molecular complexity index is 1660. The van der Waals surface area contributed by atoms with Crippen LogP contribution in [0.5, 0.6) is 17.6 Å². The number of nitrogens with one attached hydrogen (secondary N) is 1. The Hall–Kier alpha value is -4.10. The van der Waals surface area contributed by atoms with Gasteiger partial charge < -0.3 is 24.2 Å². The van der Waals surface area contributed by atoms with Gasteiger partial charge in [0.05, 0.1) is 22.5 Å². The van der Waals surface area contributed by atoms with Crippen LogP contribution in [0.2, 0.25) is 5.02 Å². The van der Waals surface area contributed by atoms with Crippen LogP contribution in [-0.4, -0.2) is 99.4 Å². The number of likely N-dealkylation sites (N-methyl/N-ethyl adjacent to an activating group) is 1. The van der Waals surface area contributed by atoms with E-state index in [1.165, 1.54) is 31.5 Å². The Balaban J connectivity index is 1.43. The zero-order valence-corrected chi connectivity index (χ0v) is 23.8. The highest BCUT2D eigenvalue weighted by atomic mass is 35.5. The number of anilines is 1. The average Bonchev–Trinajstić information content (AvgIpc) is 3.60. The minimum atomic E-state index is -1.09. The summed E-state index contributed by atoms with van der Waals surface area (Å²) in [6.07, 6.45) is 2.74. The highest BCUT2D eigenvalue weighted by Crippen LogP contribution is 2.40. The topological polar surface area (TPSA) is 113 Å². The summed E-state index contributed by atoms with van der Waals surface area (Å²) in [7, 11) is 1.91. The summed E-state index contributed by atoms with van der Waals surface area (Å²) in [6, 6.07) is 3.02. The van der Waals surface area contributed by atoms with Crippen LogP contribution < -0.4 is 14.4 Å². The molecule has 6 rings (SSSR count). The van der Waals surface area contributed by atoms with Gasteiger partial charge in [-0.05, 0) is 26.1 Å². The van der Waals surface area contributed by atoms with Crippen LogP contribution in [0.4, 0.5) is 14.6 Å². The fraction of sp³-hybridized carbons (Fsp3) is 0.393. The van der Waals surface area contributed by atoms with Crippen LogP contribution in [0, 0.1) is 11.7 Å². The zero-order valence-electron chi connectivity index (χ0n) is 23.1. The van der Waals surface area contributed by atoms with Crippen molar-refractivity contribution in [2.75, 3.05) is 51.2 Å². The van der Waals surface area contributed by atoms with E-state index in [1.807, 2.05) is 16.8 Å². The summed E-state index contributed by atoms with van der Waals surface area (Å²) in [4.78, 5) is 31.7. The number of rotatable bonds is 7. The number of hydrogen-bond donors (Lipinski definition) is 1. The number of halogens is 3. The number of ether oxygens (including phenoxy) is 2. The van der Waals surface area contributed by atoms with Gasteiger partial charge in [0.25, 0.3) is 0 Å². The lowest BCUT2D eigenvalue weighted by atomic mass is 10.0. The van der Waals surface area contributed by atoms with Crippen LogP contribution in [0.25, 0.3) is 21.8 Å². The van der Waals surface area contributed by atoms with Gasteiger partial charge in [-0.25, -0.2) is 13.8 Å². The maximum atomic E-state index is 14.6. The van der Waals surface area contributed by atoms with E-state index in [0.717, 1.165) is 0 Å². The summed E-state index contributed by atoms with van der Waals surface area (Å²) in [5.74, 6) is -0.565. The summed E-state index contributed by atoms with van der Waals surface area (Å²) in [5, 5.41) is 7.52. The first-order valence-corrected chi connectivity index (χ1v) is 13.9. The van der Waals surface area contributed by atoms with E-state index in [0.29, 0.717) is 66.9 Å². The number of H-pyrrole nitrogens is 1. The van der Waals surface area contributed by atoms with Crippen molar-refractivity contribution in [2.45, 2.75) is 19.2 Å². The van der Waals surface area contributed by atoms with Crippen LogP contribution in [-0.2, 0) is 4.79 Å². The fourth-order valence-corrected chi connectivity index (χ4v) is 5.72. The van der Waals surface area contributed by atoms with Gasteiger partial charge in [0.15, 0.2) is 5.75 Å². The molecule has 42 heavy (non-hydrogen) atoms. The minimum Gasteiger partial charge on any atom is -0.458 e. The van der Waals surface area contributed by atoms with Gasteiger partial charge in [0.1, 0.15) is 34.5 Å². The smallest absolute Gasteiger partial charge is 0.319 e. The lowest BCUT2D eigenvalue weighted by Gasteiger charge is -2.35. The number of fused-ring (bicyclic) bond motifs is 2. The molecule has 1 aromatic carbocycles. The SMILES string of the molecule is C=CC(=O)N1CCN(c2nc(O[C@@H]3CN(C)C[C@H]3C(C)F)nc3c(Oc4c(Cl)c(F)cc5[nH]ncc45)nccc23)CC1. The lowest BCUT2D eigenvalue weighted by Crippen LogP contribution is -2.48. The molecule has 0 saturated carbocycles. The Labute approximate surface area is 245 Å². The molecule has 4 aromatic rings. The van der Waals surface area contributed by atoms with Gasteiger partial charge in [-0.1, -0.05) is 18.2 Å². The molecule has 2 aliphatic heterocycles. The monoisotopic (exact) mass is 598 g/mol. The molecule has 11 nitrogen and oxygen atoms in total. The van der Waals surface area contributed by atoms with Crippen LogP contribution in [0.1, 0.15) is 6.92 Å². The van der Waals surface area contributed by atoms with Crippen molar-refractivity contribution in [3.8, 4) is 17.6 Å². The number of piperazine rings is 1. The van der Waals surface area contributed by atoms with E-state index in [-0.39, 0.29) is 34.5 Å². The van der Waals surface area contributed by atoms with Crippen molar-refractivity contribution < 1.29 is 23.0 Å². The molecule has 1 unspecified atom stereocenters. The second-order valence-corrected chi connectivity index (χ2v) is 10.9.